The lowest BCUT2D eigenvalue weighted by Crippen LogP contribution is -2.47. The minimum Gasteiger partial charge on any atom is -0.493 e. The quantitative estimate of drug-likeness (QED) is 0.335. The largest absolute Gasteiger partial charge is 0.493 e. The van der Waals surface area contributed by atoms with Crippen molar-refractivity contribution in [2.75, 3.05) is 19.5 Å². The monoisotopic (exact) mass is 530 g/mol. The molecule has 1 aromatic carbocycles. The third kappa shape index (κ3) is 4.87. The van der Waals surface area contributed by atoms with Gasteiger partial charge in [0.25, 0.3) is 5.91 Å². The second-order valence-corrected chi connectivity index (χ2v) is 8.57. The van der Waals surface area contributed by atoms with Crippen molar-refractivity contribution in [2.24, 2.45) is 5.92 Å². The number of amides is 1. The molecule has 0 saturated carbocycles. The second-order valence-electron chi connectivity index (χ2n) is 8.57. The van der Waals surface area contributed by atoms with Crippen LogP contribution in [-0.2, 0) is 14.3 Å². The molecule has 1 aliphatic heterocycles. The minimum absolute atomic E-state index is 0.210. The molecule has 2 aromatic rings. The Morgan fingerprint density at radius 3 is 2.30 bits per heavy atom. The van der Waals surface area contributed by atoms with E-state index in [1.807, 2.05) is 0 Å². The van der Waals surface area contributed by atoms with Crippen LogP contribution in [0.15, 0.2) is 24.3 Å². The number of alkyl halides is 3. The molecule has 1 aromatic heterocycles. The number of hydrogen-bond donors (Lipinski definition) is 1. The molecule has 13 heteroatoms. The van der Waals surface area contributed by atoms with Gasteiger partial charge in [-0.05, 0) is 25.1 Å². The van der Waals surface area contributed by atoms with E-state index in [0.29, 0.717) is 6.07 Å². The Kier molecular flexibility index (Phi) is 7.59. The average molecular weight is 530 g/mol. The minimum atomic E-state index is -4.94. The Morgan fingerprint density at radius 1 is 1.11 bits per heavy atom. The molecule has 0 bridgehead atoms. The molecule has 1 N–H and O–H groups in total. The number of nitrogens with one attached hydrogen (secondary N) is 1. The lowest BCUT2D eigenvalue weighted by molar-refractivity contribution is -0.272. The highest BCUT2D eigenvalue weighted by Crippen LogP contribution is 2.55. The van der Waals surface area contributed by atoms with Crippen molar-refractivity contribution in [1.82, 2.24) is 4.98 Å². The molecule has 0 unspecified atom stereocenters. The number of carbonyl (C=O) groups is 3. The van der Waals surface area contributed by atoms with Gasteiger partial charge < -0.3 is 19.5 Å². The first-order chi connectivity index (χ1) is 17.2. The Morgan fingerprint density at radius 2 is 1.76 bits per heavy atom. The van der Waals surface area contributed by atoms with Crippen molar-refractivity contribution in [2.45, 2.75) is 44.6 Å². The molecule has 1 saturated heterocycles. The Bertz CT molecular complexity index is 1250. The number of ketones is 1. The summed E-state index contributed by atoms with van der Waals surface area (Å²) in [5.74, 6) is -8.96. The maximum Gasteiger partial charge on any atom is 0.417 e. The molecule has 0 radical (unpaired) electrons. The van der Waals surface area contributed by atoms with Crippen LogP contribution in [0.4, 0.5) is 27.6 Å². The predicted molar refractivity (Wildman–Crippen MR) is 118 cm³/mol. The molecule has 8 nitrogen and oxygen atoms in total. The molecule has 2 heterocycles. The van der Waals surface area contributed by atoms with Gasteiger partial charge in [-0.15, -0.1) is 0 Å². The Labute approximate surface area is 208 Å². The highest BCUT2D eigenvalue weighted by molar-refractivity contribution is 6.04. The van der Waals surface area contributed by atoms with Crippen LogP contribution in [0.25, 0.3) is 0 Å². The van der Waals surface area contributed by atoms with Crippen molar-refractivity contribution in [3.05, 3.63) is 52.9 Å². The van der Waals surface area contributed by atoms with Gasteiger partial charge in [0.05, 0.1) is 19.9 Å². The predicted octanol–water partition coefficient (Wildman–Crippen LogP) is 4.44. The summed E-state index contributed by atoms with van der Waals surface area (Å²) < 4.78 is 85.3. The summed E-state index contributed by atoms with van der Waals surface area (Å²) in [6.45, 7) is 3.01. The fraction of sp³-hybridized carbons (Fsp3) is 0.417. The lowest BCUT2D eigenvalue weighted by atomic mass is 9.77. The molecular formula is C24H23F5N2O6. The number of methoxy groups -OCH3 is 2. The van der Waals surface area contributed by atoms with E-state index in [0.717, 1.165) is 46.3 Å². The normalized spacial score (nSPS) is 23.5. The van der Waals surface area contributed by atoms with Crippen molar-refractivity contribution >= 4 is 23.3 Å². The van der Waals surface area contributed by atoms with Gasteiger partial charge >= 0.3 is 12.1 Å². The summed E-state index contributed by atoms with van der Waals surface area (Å²) >= 11 is 0. The number of anilines is 1. The zero-order valence-electron chi connectivity index (χ0n) is 20.3. The van der Waals surface area contributed by atoms with Crippen molar-refractivity contribution in [3.63, 3.8) is 0 Å². The first kappa shape index (κ1) is 28.0. The molecule has 3 rings (SSSR count). The summed E-state index contributed by atoms with van der Waals surface area (Å²) in [7, 11) is 2.10. The first-order valence-electron chi connectivity index (χ1n) is 10.9. The van der Waals surface area contributed by atoms with E-state index < -0.39 is 64.8 Å². The van der Waals surface area contributed by atoms with Crippen LogP contribution in [0.5, 0.6) is 5.75 Å². The summed E-state index contributed by atoms with van der Waals surface area (Å²) in [5.41, 5.74) is -3.88. The number of pyridine rings is 1. The van der Waals surface area contributed by atoms with Gasteiger partial charge in [0, 0.05) is 24.3 Å². The second kappa shape index (κ2) is 10.0. The fourth-order valence-corrected chi connectivity index (χ4v) is 4.29. The van der Waals surface area contributed by atoms with Crippen molar-refractivity contribution in [3.8, 4) is 5.75 Å². The number of benzene rings is 1. The summed E-state index contributed by atoms with van der Waals surface area (Å²) in [5, 5.41) is 2.32. The van der Waals surface area contributed by atoms with Gasteiger partial charge in [0.2, 0.25) is 5.82 Å². The van der Waals surface area contributed by atoms with Gasteiger partial charge in [-0.25, -0.2) is 14.2 Å². The van der Waals surface area contributed by atoms with E-state index in [9.17, 15) is 36.3 Å². The average Bonchev–Trinajstić information content (AvgIpc) is 3.12. The maximum absolute atomic E-state index is 14.5. The fourth-order valence-electron chi connectivity index (χ4n) is 4.29. The van der Waals surface area contributed by atoms with Crippen molar-refractivity contribution < 1.29 is 50.5 Å². The van der Waals surface area contributed by atoms with Crippen LogP contribution in [0.1, 0.15) is 53.2 Å². The number of Topliss-reactive ketones (excluding diaryl/α,β-unsaturated/α-hetero) is 1. The van der Waals surface area contributed by atoms with Gasteiger partial charge in [-0.3, -0.25) is 9.59 Å². The zero-order valence-corrected chi connectivity index (χ0v) is 20.3. The molecule has 1 amide bonds. The number of carbonyl (C=O) groups excluding carboxylic acids is 3. The molecule has 0 spiro atoms. The Balaban J connectivity index is 2.10. The third-order valence-corrected chi connectivity index (χ3v) is 6.45. The van der Waals surface area contributed by atoms with Gasteiger partial charge in [-0.2, -0.15) is 17.6 Å². The number of ether oxygens (including phenoxy) is 3. The van der Waals surface area contributed by atoms with E-state index in [1.54, 1.807) is 0 Å². The molecule has 37 heavy (non-hydrogen) atoms. The van der Waals surface area contributed by atoms with E-state index in [2.05, 4.69) is 15.0 Å². The highest BCUT2D eigenvalue weighted by atomic mass is 19.4. The number of halogens is 5. The van der Waals surface area contributed by atoms with Crippen LogP contribution in [0, 0.1) is 17.6 Å². The van der Waals surface area contributed by atoms with Crippen molar-refractivity contribution in [1.29, 1.82) is 0 Å². The van der Waals surface area contributed by atoms with Crippen LogP contribution in [0.2, 0.25) is 0 Å². The van der Waals surface area contributed by atoms with E-state index in [-0.39, 0.29) is 22.6 Å². The van der Waals surface area contributed by atoms with Gasteiger partial charge in [-0.1, -0.05) is 13.0 Å². The van der Waals surface area contributed by atoms with Gasteiger partial charge in [0.15, 0.2) is 23.0 Å². The summed E-state index contributed by atoms with van der Waals surface area (Å²) in [6, 6.07) is 4.03. The number of aromatic nitrogens is 1. The number of hydrogen-bond acceptors (Lipinski definition) is 7. The topological polar surface area (TPSA) is 104 Å². The zero-order chi connectivity index (χ0) is 27.9. The third-order valence-electron chi connectivity index (χ3n) is 6.45. The van der Waals surface area contributed by atoms with E-state index >= 15 is 0 Å². The number of esters is 1. The SMILES string of the molecule is COC(=O)c1ccc(NC(=O)[C@@H]2O[C@@](C)(C(F)(F)F)[C@@H](C)[C@H]2c2ccc(F)c(F)c2OC)c(C(C)=O)n1. The van der Waals surface area contributed by atoms with Crippen LogP contribution in [0.3, 0.4) is 0 Å². The number of nitrogens with zero attached hydrogens (tertiary/aromatic N) is 1. The lowest BCUT2D eigenvalue weighted by Gasteiger charge is -2.32. The molecular weight excluding hydrogens is 507 g/mol. The molecule has 1 aliphatic rings. The highest BCUT2D eigenvalue weighted by Gasteiger charge is 2.66. The van der Waals surface area contributed by atoms with Gasteiger partial charge in [0.1, 0.15) is 17.5 Å². The molecule has 200 valence electrons. The number of rotatable bonds is 6. The van der Waals surface area contributed by atoms with Crippen LogP contribution >= 0.6 is 0 Å². The Hall–Kier alpha value is -3.61. The standard InChI is InChI=1S/C24H23F5N2O6/c1-10-16(12-6-7-13(25)17(26)19(12)35-4)20(37-23(10,3)24(27,28)29)21(33)31-14-8-9-15(22(34)36-5)30-18(14)11(2)32/h6-10,16,20H,1-5H3,(H,31,33)/t10-,16-,20+,23+/m0/s1. The molecule has 1 fully saturated rings. The first-order valence-corrected chi connectivity index (χ1v) is 10.9. The molecule has 0 aliphatic carbocycles. The smallest absolute Gasteiger partial charge is 0.417 e. The summed E-state index contributed by atoms with van der Waals surface area (Å²) in [6.07, 6.45) is -6.82. The van der Waals surface area contributed by atoms with Crippen LogP contribution < -0.4 is 10.1 Å². The molecule has 4 atom stereocenters. The summed E-state index contributed by atoms with van der Waals surface area (Å²) in [4.78, 5) is 41.1. The van der Waals surface area contributed by atoms with Crippen LogP contribution in [-0.4, -0.2) is 54.7 Å². The van der Waals surface area contributed by atoms with E-state index in [4.69, 9.17) is 9.47 Å². The van der Waals surface area contributed by atoms with E-state index in [1.165, 1.54) is 6.92 Å². The maximum atomic E-state index is 14.5.